The second-order valence-corrected chi connectivity index (χ2v) is 7.97. The van der Waals surface area contributed by atoms with Crippen molar-refractivity contribution in [2.24, 2.45) is 0 Å². The van der Waals surface area contributed by atoms with Gasteiger partial charge in [0.1, 0.15) is 6.23 Å². The third-order valence-corrected chi connectivity index (χ3v) is 6.07. The minimum absolute atomic E-state index is 0.00684. The predicted octanol–water partition coefficient (Wildman–Crippen LogP) is -0.807. The van der Waals surface area contributed by atoms with Gasteiger partial charge in [0, 0.05) is 20.8 Å². The molecule has 11 heteroatoms. The first-order chi connectivity index (χ1) is 13.3. The van der Waals surface area contributed by atoms with Crippen LogP contribution in [0, 0.1) is 6.92 Å². The molecule has 1 heterocycles. The molecule has 1 atom stereocenters. The van der Waals surface area contributed by atoms with E-state index < -0.39 is 34.4 Å². The van der Waals surface area contributed by atoms with E-state index in [-0.39, 0.29) is 31.1 Å². The summed E-state index contributed by atoms with van der Waals surface area (Å²) in [7, 11) is -0.970. The van der Waals surface area contributed by atoms with Gasteiger partial charge in [0.25, 0.3) is 0 Å². The highest BCUT2D eigenvalue weighted by Gasteiger charge is 2.36. The summed E-state index contributed by atoms with van der Waals surface area (Å²) >= 11 is 0. The number of methoxy groups -OCH3 is 2. The molecule has 1 saturated heterocycles. The van der Waals surface area contributed by atoms with Crippen molar-refractivity contribution >= 4 is 21.8 Å². The monoisotopic (exact) mass is 415 g/mol. The smallest absolute Gasteiger partial charge is 0.309 e. The highest BCUT2D eigenvalue weighted by molar-refractivity contribution is 7.89. The zero-order chi connectivity index (χ0) is 20.7. The molecule has 28 heavy (non-hydrogen) atoms. The highest BCUT2D eigenvalue weighted by Crippen LogP contribution is 2.22. The molecule has 0 bridgehead atoms. The van der Waals surface area contributed by atoms with Gasteiger partial charge in [-0.2, -0.15) is 4.31 Å². The topological polar surface area (TPSA) is 123 Å². The summed E-state index contributed by atoms with van der Waals surface area (Å²) in [5.41, 5.74) is 0.940. The van der Waals surface area contributed by atoms with Crippen molar-refractivity contribution < 1.29 is 32.2 Å². The van der Waals surface area contributed by atoms with Gasteiger partial charge < -0.3 is 24.8 Å². The Bertz CT molecular complexity index is 778. The summed E-state index contributed by atoms with van der Waals surface area (Å²) < 4.78 is 42.0. The molecule has 0 aromatic heterocycles. The van der Waals surface area contributed by atoms with Gasteiger partial charge in [0.15, 0.2) is 6.29 Å². The predicted molar refractivity (Wildman–Crippen MR) is 98.6 cm³/mol. The van der Waals surface area contributed by atoms with Crippen molar-refractivity contribution in [1.82, 2.24) is 14.9 Å². The second kappa shape index (κ2) is 9.94. The molecule has 1 aliphatic rings. The van der Waals surface area contributed by atoms with Gasteiger partial charge in [-0.3, -0.25) is 9.59 Å². The Morgan fingerprint density at radius 2 is 1.79 bits per heavy atom. The van der Waals surface area contributed by atoms with Crippen LogP contribution >= 0.6 is 0 Å². The largest absolute Gasteiger partial charge is 0.359 e. The van der Waals surface area contributed by atoms with E-state index in [0.29, 0.717) is 0 Å². The van der Waals surface area contributed by atoms with Crippen LogP contribution in [0.2, 0.25) is 0 Å². The number of hydrogen-bond donors (Lipinski definition) is 2. The Hall–Kier alpha value is -2.05. The summed E-state index contributed by atoms with van der Waals surface area (Å²) in [6.45, 7) is 2.05. The average Bonchev–Trinajstić information content (AvgIpc) is 3.16. The van der Waals surface area contributed by atoms with E-state index in [1.54, 1.807) is 12.1 Å². The molecule has 10 nitrogen and oxygen atoms in total. The molecule has 1 aliphatic heterocycles. The molecule has 1 unspecified atom stereocenters. The minimum atomic E-state index is -3.78. The molecular formula is C17H25N3O7S. The number of carbonyl (C=O) groups is 2. The number of benzene rings is 1. The SMILES string of the molecule is COC(CNC(=O)C(=O)NCC1OCCN1S(=O)(=O)c1ccc(C)cc1)OC. The van der Waals surface area contributed by atoms with Crippen LogP contribution < -0.4 is 10.6 Å². The summed E-state index contributed by atoms with van der Waals surface area (Å²) in [5, 5.41) is 4.74. The molecule has 1 aromatic carbocycles. The van der Waals surface area contributed by atoms with Gasteiger partial charge in [-0.25, -0.2) is 8.42 Å². The normalized spacial score (nSPS) is 17.6. The van der Waals surface area contributed by atoms with E-state index >= 15 is 0 Å². The molecule has 1 fully saturated rings. The number of hydrogen-bond acceptors (Lipinski definition) is 7. The lowest BCUT2D eigenvalue weighted by molar-refractivity contribution is -0.142. The Labute approximate surface area is 164 Å². The first-order valence-corrected chi connectivity index (χ1v) is 10.1. The quantitative estimate of drug-likeness (QED) is 0.421. The summed E-state index contributed by atoms with van der Waals surface area (Å²) in [6, 6.07) is 6.46. The number of rotatable bonds is 8. The maximum Gasteiger partial charge on any atom is 0.309 e. The minimum Gasteiger partial charge on any atom is -0.359 e. The molecule has 0 radical (unpaired) electrons. The zero-order valence-corrected chi connectivity index (χ0v) is 16.8. The lowest BCUT2D eigenvalue weighted by Crippen LogP contribution is -2.48. The van der Waals surface area contributed by atoms with Gasteiger partial charge in [0.05, 0.1) is 24.6 Å². The van der Waals surface area contributed by atoms with Crippen molar-refractivity contribution in [3.05, 3.63) is 29.8 Å². The van der Waals surface area contributed by atoms with Crippen molar-refractivity contribution in [1.29, 1.82) is 0 Å². The Morgan fingerprint density at radius 3 is 2.39 bits per heavy atom. The standard InChI is InChI=1S/C17H25N3O7S/c1-12-4-6-13(7-5-12)28(23,24)20-8-9-27-14(20)10-18-16(21)17(22)19-11-15(25-2)26-3/h4-7,14-15H,8-11H2,1-3H3,(H,18,21)(H,19,22). The molecular weight excluding hydrogens is 390 g/mol. The van der Waals surface area contributed by atoms with Crippen LogP contribution in [0.15, 0.2) is 29.2 Å². The molecule has 156 valence electrons. The Balaban J connectivity index is 1.93. The van der Waals surface area contributed by atoms with E-state index in [9.17, 15) is 18.0 Å². The average molecular weight is 415 g/mol. The third kappa shape index (κ3) is 5.49. The van der Waals surface area contributed by atoms with E-state index in [0.717, 1.165) is 5.56 Å². The molecule has 0 aliphatic carbocycles. The maximum atomic E-state index is 12.8. The fourth-order valence-electron chi connectivity index (χ4n) is 2.57. The fraction of sp³-hybridized carbons (Fsp3) is 0.529. The molecule has 0 spiro atoms. The number of aryl methyl sites for hydroxylation is 1. The second-order valence-electron chi connectivity index (χ2n) is 6.08. The summed E-state index contributed by atoms with van der Waals surface area (Å²) in [5.74, 6) is -1.79. The van der Waals surface area contributed by atoms with Crippen LogP contribution in [-0.4, -0.2) is 77.5 Å². The van der Waals surface area contributed by atoms with Gasteiger partial charge in [-0.05, 0) is 19.1 Å². The zero-order valence-electron chi connectivity index (χ0n) is 16.0. The van der Waals surface area contributed by atoms with E-state index in [1.807, 2.05) is 6.92 Å². The molecule has 1 aromatic rings. The van der Waals surface area contributed by atoms with Gasteiger partial charge in [-0.15, -0.1) is 0 Å². The Morgan fingerprint density at radius 1 is 1.18 bits per heavy atom. The van der Waals surface area contributed by atoms with E-state index in [1.165, 1.54) is 30.7 Å². The van der Waals surface area contributed by atoms with E-state index in [2.05, 4.69) is 10.6 Å². The number of nitrogens with zero attached hydrogens (tertiary/aromatic N) is 1. The first-order valence-electron chi connectivity index (χ1n) is 8.61. The van der Waals surface area contributed by atoms with Gasteiger partial charge >= 0.3 is 11.8 Å². The van der Waals surface area contributed by atoms with Crippen molar-refractivity contribution in [2.45, 2.75) is 24.3 Å². The van der Waals surface area contributed by atoms with Gasteiger partial charge in [0.2, 0.25) is 10.0 Å². The van der Waals surface area contributed by atoms with Crippen molar-refractivity contribution in [3.8, 4) is 0 Å². The molecule has 0 saturated carbocycles. The number of nitrogens with one attached hydrogen (secondary N) is 2. The van der Waals surface area contributed by atoms with Crippen LogP contribution in [0.5, 0.6) is 0 Å². The number of amides is 2. The van der Waals surface area contributed by atoms with Crippen LogP contribution in [0.3, 0.4) is 0 Å². The van der Waals surface area contributed by atoms with Crippen molar-refractivity contribution in [3.63, 3.8) is 0 Å². The highest BCUT2D eigenvalue weighted by atomic mass is 32.2. The fourth-order valence-corrected chi connectivity index (χ4v) is 4.08. The van der Waals surface area contributed by atoms with Crippen LogP contribution in [0.4, 0.5) is 0 Å². The van der Waals surface area contributed by atoms with Crippen LogP contribution in [-0.2, 0) is 33.8 Å². The summed E-state index contributed by atoms with van der Waals surface area (Å²) in [6.07, 6.45) is -1.57. The maximum absolute atomic E-state index is 12.8. The van der Waals surface area contributed by atoms with E-state index in [4.69, 9.17) is 14.2 Å². The lowest BCUT2D eigenvalue weighted by atomic mass is 10.2. The van der Waals surface area contributed by atoms with Crippen LogP contribution in [0.25, 0.3) is 0 Å². The van der Waals surface area contributed by atoms with Crippen molar-refractivity contribution in [2.75, 3.05) is 40.5 Å². The number of carbonyl (C=O) groups excluding carboxylic acids is 2. The Kier molecular flexibility index (Phi) is 7.89. The lowest BCUT2D eigenvalue weighted by Gasteiger charge is -2.23. The van der Waals surface area contributed by atoms with Gasteiger partial charge in [-0.1, -0.05) is 17.7 Å². The molecule has 2 N–H and O–H groups in total. The third-order valence-electron chi connectivity index (χ3n) is 4.17. The van der Waals surface area contributed by atoms with Crippen LogP contribution in [0.1, 0.15) is 5.56 Å². The first kappa shape index (κ1) is 22.2. The number of sulfonamides is 1. The molecule has 2 rings (SSSR count). The molecule has 2 amide bonds. The summed E-state index contributed by atoms with van der Waals surface area (Å²) in [4.78, 5) is 23.9. The number of ether oxygens (including phenoxy) is 3.